The van der Waals surface area contributed by atoms with Crippen molar-refractivity contribution in [3.63, 3.8) is 0 Å². The minimum absolute atomic E-state index is 0.000698. The van der Waals surface area contributed by atoms with Crippen molar-refractivity contribution >= 4 is 45.9 Å². The Morgan fingerprint density at radius 2 is 0.547 bits per heavy atom. The van der Waals surface area contributed by atoms with Crippen molar-refractivity contribution in [3.8, 4) is 46.0 Å². The molecule has 1 aliphatic rings. The second-order valence-corrected chi connectivity index (χ2v) is 23.6. The first-order valence-electron chi connectivity index (χ1n) is 19.9. The fourth-order valence-electron chi connectivity index (χ4n) is 6.51. The van der Waals surface area contributed by atoms with Crippen LogP contribution in [0.25, 0.3) is 0 Å². The summed E-state index contributed by atoms with van der Waals surface area (Å²) in [4.78, 5) is 0. The summed E-state index contributed by atoms with van der Waals surface area (Å²) < 4.78 is 58.9. The van der Waals surface area contributed by atoms with Crippen molar-refractivity contribution in [1.29, 1.82) is 0 Å². The predicted octanol–water partition coefficient (Wildman–Crippen LogP) is 13.5. The van der Waals surface area contributed by atoms with Crippen LogP contribution in [0.2, 0.25) is 0 Å². The smallest absolute Gasteiger partial charge is 0.458 e. The van der Waals surface area contributed by atoms with Crippen LogP contribution in [0.5, 0.6) is 46.0 Å². The van der Waals surface area contributed by atoms with E-state index in [0.29, 0.717) is 44.7 Å². The van der Waals surface area contributed by atoms with E-state index in [1.54, 1.807) is 121 Å². The molecule has 1 aliphatic heterocycles. The number of hydrogen-bond donors (Lipinski definition) is 3. The highest BCUT2D eigenvalue weighted by Crippen LogP contribution is 2.78. The molecule has 0 radical (unpaired) electrons. The van der Waals surface area contributed by atoms with E-state index in [4.69, 9.17) is 40.7 Å². The van der Waals surface area contributed by atoms with E-state index in [1.165, 1.54) is 12.1 Å². The van der Waals surface area contributed by atoms with Crippen LogP contribution in [0.3, 0.4) is 0 Å². The maximum absolute atomic E-state index is 10.8. The van der Waals surface area contributed by atoms with Crippen LogP contribution in [-0.4, -0.2) is 15.3 Å². The lowest BCUT2D eigenvalue weighted by Crippen LogP contribution is -2.19. The normalized spacial score (nSPS) is 16.9. The van der Waals surface area contributed by atoms with Gasteiger partial charge in [0, 0.05) is 10.6 Å². The number of aromatic hydroxyl groups is 3. The molecular formula is C48H40N4O8P4. The molecule has 0 aliphatic carbocycles. The van der Waals surface area contributed by atoms with Crippen LogP contribution in [0.1, 0.15) is 0 Å². The predicted molar refractivity (Wildman–Crippen MR) is 256 cm³/mol. The highest BCUT2D eigenvalue weighted by molar-refractivity contribution is 7.91. The molecule has 1 unspecified atom stereocenters. The number of nitrogens with zero attached hydrogens (tertiary/aromatic N) is 4. The van der Waals surface area contributed by atoms with Gasteiger partial charge in [-0.3, -0.25) is 0 Å². The maximum atomic E-state index is 10.8. The molecule has 9 rings (SSSR count). The van der Waals surface area contributed by atoms with Gasteiger partial charge in [0.25, 0.3) is 7.43 Å². The Morgan fingerprint density at radius 1 is 0.266 bits per heavy atom. The second kappa shape index (κ2) is 18.4. The molecule has 0 saturated heterocycles. The van der Waals surface area contributed by atoms with Gasteiger partial charge in [-0.1, -0.05) is 95.5 Å². The average Bonchev–Trinajstić information content (AvgIpc) is 3.30. The lowest BCUT2D eigenvalue weighted by molar-refractivity contribution is 0.461. The SMILES string of the molecule is Oc1ccc(P2(Oc3ccccc3)=NP(c3ccc(O)cc3)(c3ccc(O)cc3)=NP(Oc3ccccc3)(Oc3ccccc3)=NP(Oc3ccccc3)(Oc3ccccc3)=N2)cc1. The summed E-state index contributed by atoms with van der Waals surface area (Å²) in [7, 11) is -16.6. The molecule has 1 heterocycles. The minimum Gasteiger partial charge on any atom is -0.508 e. The number of rotatable bonds is 13. The van der Waals surface area contributed by atoms with E-state index >= 15 is 0 Å². The third kappa shape index (κ3) is 9.52. The average molecular weight is 925 g/mol. The van der Waals surface area contributed by atoms with E-state index in [9.17, 15) is 15.3 Å². The molecule has 12 nitrogen and oxygen atoms in total. The Morgan fingerprint density at radius 3 is 0.875 bits per heavy atom. The van der Waals surface area contributed by atoms with Crippen molar-refractivity contribution in [2.24, 2.45) is 18.1 Å². The van der Waals surface area contributed by atoms with Gasteiger partial charge < -0.3 is 37.9 Å². The van der Waals surface area contributed by atoms with Crippen LogP contribution in [0.4, 0.5) is 0 Å². The largest absolute Gasteiger partial charge is 0.508 e. The van der Waals surface area contributed by atoms with Crippen LogP contribution in [0, 0.1) is 0 Å². The molecule has 0 aromatic heterocycles. The van der Waals surface area contributed by atoms with Gasteiger partial charge in [0.05, 0.1) is 5.30 Å². The Hall–Kier alpha value is -6.92. The summed E-state index contributed by atoms with van der Waals surface area (Å²) in [5.41, 5.74) is 0. The first-order valence-corrected chi connectivity index (χ1v) is 26.3. The lowest BCUT2D eigenvalue weighted by atomic mass is 10.3. The van der Waals surface area contributed by atoms with Gasteiger partial charge in [-0.15, -0.1) is 4.52 Å². The Kier molecular flexibility index (Phi) is 12.2. The molecule has 64 heavy (non-hydrogen) atoms. The van der Waals surface area contributed by atoms with Gasteiger partial charge in [0.15, 0.2) is 0 Å². The molecule has 8 aromatic rings. The van der Waals surface area contributed by atoms with Crippen molar-refractivity contribution < 1.29 is 37.9 Å². The van der Waals surface area contributed by atoms with Crippen LogP contribution < -0.4 is 38.5 Å². The number of hydrogen-bond acceptors (Lipinski definition) is 12. The third-order valence-corrected chi connectivity index (χ3v) is 22.3. The number of benzene rings is 8. The van der Waals surface area contributed by atoms with E-state index in [2.05, 4.69) is 0 Å². The maximum Gasteiger partial charge on any atom is 0.458 e. The Bertz CT molecular complexity index is 2940. The molecule has 1 atom stereocenters. The summed E-state index contributed by atoms with van der Waals surface area (Å²) in [5.74, 6) is 1.88. The van der Waals surface area contributed by atoms with E-state index < -0.39 is 30.0 Å². The zero-order chi connectivity index (χ0) is 43.9. The lowest BCUT2D eigenvalue weighted by Gasteiger charge is -2.35. The van der Waals surface area contributed by atoms with Gasteiger partial charge in [-0.2, -0.15) is 9.03 Å². The van der Waals surface area contributed by atoms with Crippen LogP contribution in [-0.2, 0) is 0 Å². The van der Waals surface area contributed by atoms with Crippen LogP contribution >= 0.6 is 30.0 Å². The fourth-order valence-corrected chi connectivity index (χ4v) is 21.5. The first kappa shape index (κ1) is 42.4. The number of phenols is 3. The van der Waals surface area contributed by atoms with Crippen molar-refractivity contribution in [3.05, 3.63) is 224 Å². The molecule has 320 valence electrons. The quantitative estimate of drug-likeness (QED) is 0.0965. The summed E-state index contributed by atoms with van der Waals surface area (Å²) in [6.45, 7) is 0. The van der Waals surface area contributed by atoms with Crippen molar-refractivity contribution in [2.45, 2.75) is 0 Å². The van der Waals surface area contributed by atoms with E-state index in [-0.39, 0.29) is 17.2 Å². The second-order valence-electron chi connectivity index (χ2n) is 14.1. The number of para-hydroxylation sites is 5. The minimum atomic E-state index is -4.33. The zero-order valence-electron chi connectivity index (χ0n) is 33.8. The molecule has 3 N–H and O–H groups in total. The first-order chi connectivity index (χ1) is 31.2. The Balaban J connectivity index is 1.55. The molecular weight excluding hydrogens is 884 g/mol. The molecule has 0 amide bonds. The highest BCUT2D eigenvalue weighted by Gasteiger charge is 2.47. The summed E-state index contributed by atoms with van der Waals surface area (Å²) in [5, 5.41) is 33.8. The van der Waals surface area contributed by atoms with Gasteiger partial charge in [0.2, 0.25) is 0 Å². The highest BCUT2D eigenvalue weighted by atomic mass is 31.3. The molecule has 0 spiro atoms. The Labute approximate surface area is 370 Å². The van der Waals surface area contributed by atoms with Crippen LogP contribution in [0.15, 0.2) is 243 Å². The fraction of sp³-hybridized carbons (Fsp3) is 0. The molecule has 16 heteroatoms. The summed E-state index contributed by atoms with van der Waals surface area (Å²) in [6.07, 6.45) is 0. The van der Waals surface area contributed by atoms with Gasteiger partial charge >= 0.3 is 15.3 Å². The molecule has 8 aromatic carbocycles. The zero-order valence-corrected chi connectivity index (χ0v) is 37.4. The molecule has 0 bridgehead atoms. The summed E-state index contributed by atoms with van der Waals surface area (Å²) in [6, 6.07) is 65.0. The monoisotopic (exact) mass is 924 g/mol. The summed E-state index contributed by atoms with van der Waals surface area (Å²) >= 11 is 0. The van der Waals surface area contributed by atoms with Gasteiger partial charge in [-0.25, -0.2) is 0 Å². The van der Waals surface area contributed by atoms with E-state index in [0.717, 1.165) is 0 Å². The third-order valence-electron chi connectivity index (χ3n) is 9.41. The molecule has 0 fully saturated rings. The standard InChI is InChI=1S/C48H40N4O8P4/c53-38-26-32-46(33-27-38)61(47-34-28-39(54)29-35-47)49-62(48-36-30-40(55)31-37-48,56-41-16-6-1-7-17-41)51-64(59-44-22-12-4-13-23-44,60-45-24-14-5-15-25-45)52-63(50-61,57-42-18-8-2-9-19-42)58-43-20-10-3-11-21-43/h1-37,53-55H. The van der Waals surface area contributed by atoms with Gasteiger partial charge in [0.1, 0.15) is 53.2 Å². The van der Waals surface area contributed by atoms with Gasteiger partial charge in [-0.05, 0) is 133 Å². The molecule has 0 saturated carbocycles. The number of phenolic OH excluding ortho intramolecular Hbond substituents is 3. The van der Waals surface area contributed by atoms with Crippen molar-refractivity contribution in [1.82, 2.24) is 0 Å². The van der Waals surface area contributed by atoms with Crippen molar-refractivity contribution in [2.75, 3.05) is 0 Å². The topological polar surface area (TPSA) is 156 Å². The van der Waals surface area contributed by atoms with E-state index in [1.807, 2.05) is 91.0 Å².